The largest absolute Gasteiger partial charge is 0.334 e. The highest BCUT2D eigenvalue weighted by Gasteiger charge is 2.35. The quantitative estimate of drug-likeness (QED) is 0.771. The van der Waals surface area contributed by atoms with Crippen molar-refractivity contribution in [1.82, 2.24) is 14.5 Å². The summed E-state index contributed by atoms with van der Waals surface area (Å²) in [4.78, 5) is 12.4. The fourth-order valence-electron chi connectivity index (χ4n) is 2.89. The summed E-state index contributed by atoms with van der Waals surface area (Å²) in [6.07, 6.45) is 0. The van der Waals surface area contributed by atoms with Gasteiger partial charge in [-0.3, -0.25) is 5.32 Å². The van der Waals surface area contributed by atoms with E-state index in [1.807, 2.05) is 32.4 Å². The maximum absolute atomic E-state index is 12.4. The molecule has 0 radical (unpaired) electrons. The number of carbonyl (C=O) groups is 1. The maximum atomic E-state index is 12.4. The second kappa shape index (κ2) is 6.59. The van der Waals surface area contributed by atoms with Gasteiger partial charge in [-0.1, -0.05) is 17.7 Å². The number of sulfonamides is 1. The van der Waals surface area contributed by atoms with Crippen LogP contribution in [0, 0.1) is 6.92 Å². The van der Waals surface area contributed by atoms with E-state index in [0.29, 0.717) is 11.3 Å². The molecule has 1 aromatic heterocycles. The lowest BCUT2D eigenvalue weighted by Gasteiger charge is -2.23. The Labute approximate surface area is 164 Å². The summed E-state index contributed by atoms with van der Waals surface area (Å²) >= 11 is 0. The molecule has 2 heterocycles. The summed E-state index contributed by atoms with van der Waals surface area (Å²) in [6.45, 7) is 7.35. The Hall–Kier alpha value is -2.40. The molecule has 1 aliphatic heterocycles. The van der Waals surface area contributed by atoms with Crippen LogP contribution in [0.5, 0.6) is 0 Å². The number of sulfone groups is 1. The number of nitrogens with one attached hydrogen (secondary N) is 2. The normalized spacial score (nSPS) is 15.9. The molecule has 1 aromatic carbocycles. The molecule has 0 saturated carbocycles. The first kappa shape index (κ1) is 20.3. The monoisotopic (exact) mass is 426 g/mol. The van der Waals surface area contributed by atoms with Crippen molar-refractivity contribution in [3.8, 4) is 0 Å². The molecule has 2 N–H and O–H groups in total. The molecule has 9 nitrogen and oxygen atoms in total. The maximum Gasteiger partial charge on any atom is 0.334 e. The zero-order valence-corrected chi connectivity index (χ0v) is 17.6. The van der Waals surface area contributed by atoms with E-state index in [0.717, 1.165) is 5.56 Å². The van der Waals surface area contributed by atoms with Gasteiger partial charge in [0.25, 0.3) is 10.0 Å². The topological polar surface area (TPSA) is 127 Å². The molecule has 1 aliphatic rings. The van der Waals surface area contributed by atoms with Gasteiger partial charge in [0.15, 0.2) is 9.84 Å². The number of hydrogen-bond acceptors (Lipinski definition) is 6. The molecule has 0 unspecified atom stereocenters. The lowest BCUT2D eigenvalue weighted by Crippen LogP contribution is -2.36. The van der Waals surface area contributed by atoms with Crippen LogP contribution in [-0.4, -0.2) is 32.6 Å². The van der Waals surface area contributed by atoms with Crippen molar-refractivity contribution in [2.75, 3.05) is 5.32 Å². The standard InChI is InChI=1S/C17H22N4O5S2/c1-11-5-7-12(8-6-11)28(25,26)20-16(22)18-15-13-9-27(23,24)10-14(13)19-21(15)17(2,3)4/h5-8H,9-10H2,1-4H3,(H2,18,20,22). The summed E-state index contributed by atoms with van der Waals surface area (Å²) in [6, 6.07) is 5.05. The number of hydrogen-bond donors (Lipinski definition) is 2. The van der Waals surface area contributed by atoms with E-state index in [4.69, 9.17) is 0 Å². The van der Waals surface area contributed by atoms with Crippen LogP contribution >= 0.6 is 0 Å². The zero-order chi connectivity index (χ0) is 20.9. The van der Waals surface area contributed by atoms with E-state index < -0.39 is 31.4 Å². The Morgan fingerprint density at radius 3 is 2.32 bits per heavy atom. The minimum atomic E-state index is -4.07. The van der Waals surface area contributed by atoms with E-state index in [-0.39, 0.29) is 22.2 Å². The molecule has 2 amide bonds. The molecule has 0 atom stereocenters. The highest BCUT2D eigenvalue weighted by molar-refractivity contribution is 7.90. The molecular formula is C17H22N4O5S2. The van der Waals surface area contributed by atoms with Crippen molar-refractivity contribution in [3.05, 3.63) is 41.1 Å². The number of rotatable bonds is 3. The van der Waals surface area contributed by atoms with Crippen LogP contribution in [-0.2, 0) is 36.9 Å². The lowest BCUT2D eigenvalue weighted by atomic mass is 10.1. The molecule has 3 rings (SSSR count). The Bertz CT molecular complexity index is 1140. The Balaban J connectivity index is 1.89. The summed E-state index contributed by atoms with van der Waals surface area (Å²) in [7, 11) is -7.41. The van der Waals surface area contributed by atoms with E-state index in [1.165, 1.54) is 16.8 Å². The van der Waals surface area contributed by atoms with Gasteiger partial charge in [0, 0.05) is 5.56 Å². The number of aromatic nitrogens is 2. The van der Waals surface area contributed by atoms with Gasteiger partial charge < -0.3 is 0 Å². The first-order valence-electron chi connectivity index (χ1n) is 8.51. The Morgan fingerprint density at radius 2 is 1.75 bits per heavy atom. The molecule has 0 aliphatic carbocycles. The highest BCUT2D eigenvalue weighted by Crippen LogP contribution is 2.34. The minimum absolute atomic E-state index is 0.0506. The van der Waals surface area contributed by atoms with Crippen LogP contribution in [0.2, 0.25) is 0 Å². The fraction of sp³-hybridized carbons (Fsp3) is 0.412. The minimum Gasteiger partial charge on any atom is -0.291 e. The van der Waals surface area contributed by atoms with Gasteiger partial charge in [-0.2, -0.15) is 5.10 Å². The number of aryl methyl sites for hydroxylation is 1. The third-order valence-corrected chi connectivity index (χ3v) is 7.00. The highest BCUT2D eigenvalue weighted by atomic mass is 32.2. The SMILES string of the molecule is Cc1ccc(S(=O)(=O)NC(=O)Nc2c3c(nn2C(C)(C)C)CS(=O)(=O)C3)cc1. The number of amides is 2. The molecule has 0 fully saturated rings. The number of fused-ring (bicyclic) bond motifs is 1. The molecule has 28 heavy (non-hydrogen) atoms. The number of carbonyl (C=O) groups excluding carboxylic acids is 1. The second-order valence-electron chi connectivity index (χ2n) is 7.76. The van der Waals surface area contributed by atoms with Gasteiger partial charge in [0.1, 0.15) is 5.82 Å². The number of urea groups is 1. The van der Waals surface area contributed by atoms with E-state index >= 15 is 0 Å². The fourth-order valence-corrected chi connectivity index (χ4v) is 5.29. The van der Waals surface area contributed by atoms with E-state index in [1.54, 1.807) is 12.1 Å². The molecule has 2 aromatic rings. The number of nitrogens with zero attached hydrogens (tertiary/aromatic N) is 2. The Kier molecular flexibility index (Phi) is 4.79. The predicted octanol–water partition coefficient (Wildman–Crippen LogP) is 1.89. The first-order valence-corrected chi connectivity index (χ1v) is 11.8. The summed E-state index contributed by atoms with van der Waals surface area (Å²) in [5, 5.41) is 6.80. The van der Waals surface area contributed by atoms with Crippen molar-refractivity contribution in [3.63, 3.8) is 0 Å². The van der Waals surface area contributed by atoms with Crippen LogP contribution in [0.3, 0.4) is 0 Å². The van der Waals surface area contributed by atoms with Crippen LogP contribution < -0.4 is 10.0 Å². The van der Waals surface area contributed by atoms with Crippen LogP contribution in [0.15, 0.2) is 29.2 Å². The van der Waals surface area contributed by atoms with Gasteiger partial charge in [-0.25, -0.2) is 31.0 Å². The Morgan fingerprint density at radius 1 is 1.14 bits per heavy atom. The van der Waals surface area contributed by atoms with Crippen molar-refractivity contribution >= 4 is 31.7 Å². The summed E-state index contributed by atoms with van der Waals surface area (Å²) < 4.78 is 52.1. The van der Waals surface area contributed by atoms with E-state index in [2.05, 4.69) is 10.4 Å². The van der Waals surface area contributed by atoms with E-state index in [9.17, 15) is 21.6 Å². The predicted molar refractivity (Wildman–Crippen MR) is 104 cm³/mol. The van der Waals surface area contributed by atoms with Crippen LogP contribution in [0.4, 0.5) is 10.6 Å². The van der Waals surface area contributed by atoms with Gasteiger partial charge >= 0.3 is 6.03 Å². The summed E-state index contributed by atoms with van der Waals surface area (Å²) in [5.74, 6) is -0.276. The van der Waals surface area contributed by atoms with Crippen molar-refractivity contribution in [2.45, 2.75) is 49.6 Å². The van der Waals surface area contributed by atoms with Crippen molar-refractivity contribution in [2.24, 2.45) is 0 Å². The number of benzene rings is 1. The van der Waals surface area contributed by atoms with Gasteiger partial charge in [0.2, 0.25) is 0 Å². The van der Waals surface area contributed by atoms with Crippen molar-refractivity contribution in [1.29, 1.82) is 0 Å². The first-order chi connectivity index (χ1) is 12.8. The average Bonchev–Trinajstić information content (AvgIpc) is 3.00. The molecule has 0 bridgehead atoms. The van der Waals surface area contributed by atoms with Crippen molar-refractivity contribution < 1.29 is 21.6 Å². The van der Waals surface area contributed by atoms with Crippen LogP contribution in [0.25, 0.3) is 0 Å². The third-order valence-electron chi connectivity index (χ3n) is 4.21. The molecular weight excluding hydrogens is 404 g/mol. The van der Waals surface area contributed by atoms with Gasteiger partial charge in [-0.15, -0.1) is 0 Å². The number of anilines is 1. The van der Waals surface area contributed by atoms with Crippen LogP contribution in [0.1, 0.15) is 37.6 Å². The molecule has 0 saturated heterocycles. The molecule has 152 valence electrons. The molecule has 11 heteroatoms. The smallest absolute Gasteiger partial charge is 0.291 e. The average molecular weight is 427 g/mol. The third kappa shape index (κ3) is 4.04. The second-order valence-corrected chi connectivity index (χ2v) is 11.5. The zero-order valence-electron chi connectivity index (χ0n) is 16.0. The van der Waals surface area contributed by atoms with Gasteiger partial charge in [0.05, 0.1) is 27.6 Å². The van der Waals surface area contributed by atoms with Gasteiger partial charge in [-0.05, 0) is 39.8 Å². The molecule has 0 spiro atoms. The lowest BCUT2D eigenvalue weighted by molar-refractivity contribution is 0.256. The summed E-state index contributed by atoms with van der Waals surface area (Å²) in [5.41, 5.74) is 1.09.